The highest BCUT2D eigenvalue weighted by molar-refractivity contribution is 6.65. The van der Waals surface area contributed by atoms with Crippen LogP contribution in [0.2, 0.25) is 0 Å². The Balaban J connectivity index is 4.79. The largest absolute Gasteiger partial charge is 0.459 e. The molecule has 0 radical (unpaired) electrons. The lowest BCUT2D eigenvalue weighted by molar-refractivity contribution is -0.156. The van der Waals surface area contributed by atoms with Crippen LogP contribution in [0.25, 0.3) is 0 Å². The van der Waals surface area contributed by atoms with Crippen LogP contribution in [0.3, 0.4) is 0 Å². The van der Waals surface area contributed by atoms with Crippen molar-refractivity contribution in [1.82, 2.24) is 4.90 Å². The van der Waals surface area contributed by atoms with Crippen molar-refractivity contribution in [2.24, 2.45) is 5.16 Å². The summed E-state index contributed by atoms with van der Waals surface area (Å²) in [5.74, 6) is -0.523. The molecule has 0 aliphatic rings. The molecule has 0 unspecified atom stereocenters. The molecular formula is C15H27ClN2O5. The fraction of sp³-hybridized carbons (Fsp3) is 0.800. The lowest BCUT2D eigenvalue weighted by Crippen LogP contribution is -2.42. The van der Waals surface area contributed by atoms with Gasteiger partial charge in [0, 0.05) is 13.0 Å². The maximum absolute atomic E-state index is 12.2. The molecule has 1 amide bonds. The lowest BCUT2D eigenvalue weighted by Gasteiger charge is -2.28. The van der Waals surface area contributed by atoms with Crippen molar-refractivity contribution < 1.29 is 24.3 Å². The first-order valence-corrected chi connectivity index (χ1v) is 7.78. The van der Waals surface area contributed by atoms with Gasteiger partial charge in [-0.2, -0.15) is 0 Å². The minimum atomic E-state index is -0.673. The van der Waals surface area contributed by atoms with Gasteiger partial charge in [0.1, 0.15) is 22.9 Å². The molecule has 0 aromatic carbocycles. The van der Waals surface area contributed by atoms with Crippen molar-refractivity contribution in [3.05, 3.63) is 0 Å². The number of carbonyl (C=O) groups excluding carboxylic acids is 2. The van der Waals surface area contributed by atoms with Crippen LogP contribution in [-0.4, -0.2) is 51.6 Å². The van der Waals surface area contributed by atoms with E-state index in [0.717, 1.165) is 0 Å². The van der Waals surface area contributed by atoms with Gasteiger partial charge in [-0.1, -0.05) is 16.8 Å². The van der Waals surface area contributed by atoms with Crippen LogP contribution < -0.4 is 0 Å². The third-order valence-electron chi connectivity index (χ3n) is 2.31. The third-order valence-corrected chi connectivity index (χ3v) is 2.58. The molecule has 0 aromatic rings. The number of hydrogen-bond acceptors (Lipinski definition) is 6. The first-order valence-electron chi connectivity index (χ1n) is 7.40. The molecule has 0 aromatic heterocycles. The number of nitrogens with zero attached hydrogens (tertiary/aromatic N) is 2. The van der Waals surface area contributed by atoms with E-state index in [9.17, 15) is 9.59 Å². The number of oxime groups is 1. The van der Waals surface area contributed by atoms with E-state index >= 15 is 0 Å². The topological polar surface area (TPSA) is 88.4 Å². The Morgan fingerprint density at radius 2 is 1.61 bits per heavy atom. The highest BCUT2D eigenvalue weighted by atomic mass is 35.5. The lowest BCUT2D eigenvalue weighted by atomic mass is 10.2. The van der Waals surface area contributed by atoms with Crippen LogP contribution in [0.4, 0.5) is 4.79 Å². The second kappa shape index (κ2) is 8.96. The number of halogens is 1. The van der Waals surface area contributed by atoms with E-state index in [0.29, 0.717) is 6.42 Å². The molecule has 134 valence electrons. The quantitative estimate of drug-likeness (QED) is 0.343. The second-order valence-corrected chi connectivity index (χ2v) is 7.50. The van der Waals surface area contributed by atoms with Crippen molar-refractivity contribution in [3.8, 4) is 0 Å². The third kappa shape index (κ3) is 11.7. The molecule has 1 N–H and O–H groups in total. The normalized spacial score (nSPS) is 12.7. The summed E-state index contributed by atoms with van der Waals surface area (Å²) in [5, 5.41) is 11.4. The molecule has 0 bridgehead atoms. The smallest absolute Gasteiger partial charge is 0.410 e. The number of rotatable bonds is 6. The van der Waals surface area contributed by atoms with Gasteiger partial charge in [-0.05, 0) is 48.0 Å². The summed E-state index contributed by atoms with van der Waals surface area (Å²) in [4.78, 5) is 25.4. The average molecular weight is 351 g/mol. The van der Waals surface area contributed by atoms with E-state index < -0.39 is 23.3 Å². The summed E-state index contributed by atoms with van der Waals surface area (Å²) >= 11 is 5.60. The first-order chi connectivity index (χ1) is 10.3. The van der Waals surface area contributed by atoms with Gasteiger partial charge in [0.15, 0.2) is 0 Å². The Kier molecular flexibility index (Phi) is 8.37. The van der Waals surface area contributed by atoms with Crippen molar-refractivity contribution in [2.75, 3.05) is 13.1 Å². The number of esters is 1. The Hall–Kier alpha value is -1.50. The monoisotopic (exact) mass is 350 g/mol. The van der Waals surface area contributed by atoms with Gasteiger partial charge in [-0.3, -0.25) is 9.69 Å². The van der Waals surface area contributed by atoms with Crippen molar-refractivity contribution >= 4 is 28.8 Å². The van der Waals surface area contributed by atoms with Gasteiger partial charge in [0.25, 0.3) is 0 Å². The Bertz CT molecular complexity index is 438. The van der Waals surface area contributed by atoms with Crippen LogP contribution in [0.1, 0.15) is 54.4 Å². The van der Waals surface area contributed by atoms with Gasteiger partial charge in [-0.15, -0.1) is 0 Å². The van der Waals surface area contributed by atoms with E-state index in [4.69, 9.17) is 26.3 Å². The number of amides is 1. The number of carbonyl (C=O) groups is 2. The molecule has 8 heteroatoms. The summed E-state index contributed by atoms with van der Waals surface area (Å²) in [7, 11) is 0. The fourth-order valence-corrected chi connectivity index (χ4v) is 1.69. The highest BCUT2D eigenvalue weighted by Gasteiger charge is 2.26. The molecule has 0 saturated heterocycles. The predicted molar refractivity (Wildman–Crippen MR) is 88.0 cm³/mol. The van der Waals surface area contributed by atoms with Crippen LogP contribution in [0.5, 0.6) is 0 Å². The Morgan fingerprint density at radius 1 is 1.09 bits per heavy atom. The van der Waals surface area contributed by atoms with Gasteiger partial charge >= 0.3 is 12.1 Å². The molecule has 0 fully saturated rings. The van der Waals surface area contributed by atoms with Crippen LogP contribution >= 0.6 is 11.6 Å². The highest BCUT2D eigenvalue weighted by Crippen LogP contribution is 2.13. The molecule has 0 spiro atoms. The van der Waals surface area contributed by atoms with Crippen molar-refractivity contribution in [3.63, 3.8) is 0 Å². The fourth-order valence-electron chi connectivity index (χ4n) is 1.56. The molecule has 23 heavy (non-hydrogen) atoms. The molecule has 0 rings (SSSR count). The molecule has 0 atom stereocenters. The summed E-state index contributed by atoms with van der Waals surface area (Å²) in [6.07, 6.45) is 0.0942. The zero-order valence-corrected chi connectivity index (χ0v) is 15.4. The standard InChI is InChI=1S/C15H27ClN2O5/c1-14(2,3)22-12(19)10-18(9-7-8-11(16)17-21)13(20)23-15(4,5)6/h21H,7-10H2,1-6H3/b17-11+. The van der Waals surface area contributed by atoms with E-state index in [-0.39, 0.29) is 24.7 Å². The summed E-state index contributed by atoms with van der Waals surface area (Å²) in [5.41, 5.74) is -1.31. The van der Waals surface area contributed by atoms with Crippen LogP contribution in [-0.2, 0) is 14.3 Å². The van der Waals surface area contributed by atoms with Crippen LogP contribution in [0, 0.1) is 0 Å². The molecular weight excluding hydrogens is 324 g/mol. The molecule has 7 nitrogen and oxygen atoms in total. The molecule has 0 heterocycles. The van der Waals surface area contributed by atoms with Gasteiger partial charge < -0.3 is 14.7 Å². The van der Waals surface area contributed by atoms with Gasteiger partial charge in [0.05, 0.1) is 0 Å². The minimum Gasteiger partial charge on any atom is -0.459 e. The van der Waals surface area contributed by atoms with E-state index in [1.165, 1.54) is 4.90 Å². The number of hydrogen-bond donors (Lipinski definition) is 1. The SMILES string of the molecule is CC(C)(C)OC(=O)CN(CCC/C(Cl)=N\O)C(=O)OC(C)(C)C. The van der Waals surface area contributed by atoms with E-state index in [1.54, 1.807) is 41.5 Å². The summed E-state index contributed by atoms with van der Waals surface area (Å²) in [6.45, 7) is 10.5. The zero-order chi connectivity index (χ0) is 18.3. The zero-order valence-electron chi connectivity index (χ0n) is 14.7. The van der Waals surface area contributed by atoms with Crippen molar-refractivity contribution in [1.29, 1.82) is 0 Å². The summed E-state index contributed by atoms with van der Waals surface area (Å²) in [6, 6.07) is 0. The summed E-state index contributed by atoms with van der Waals surface area (Å²) < 4.78 is 10.5. The maximum atomic E-state index is 12.2. The van der Waals surface area contributed by atoms with Crippen molar-refractivity contribution in [2.45, 2.75) is 65.6 Å². The molecule has 0 aliphatic carbocycles. The maximum Gasteiger partial charge on any atom is 0.410 e. The Labute approximate surface area is 142 Å². The van der Waals surface area contributed by atoms with E-state index in [2.05, 4.69) is 5.16 Å². The Morgan fingerprint density at radius 3 is 2.04 bits per heavy atom. The second-order valence-electron chi connectivity index (χ2n) is 7.07. The minimum absolute atomic E-state index is 0.0337. The van der Waals surface area contributed by atoms with Gasteiger partial charge in [-0.25, -0.2) is 4.79 Å². The van der Waals surface area contributed by atoms with E-state index in [1.807, 2.05) is 0 Å². The van der Waals surface area contributed by atoms with Crippen LogP contribution in [0.15, 0.2) is 5.16 Å². The average Bonchev–Trinajstić information content (AvgIpc) is 2.32. The molecule has 0 aliphatic heterocycles. The first kappa shape index (κ1) is 21.5. The molecule has 0 saturated carbocycles. The predicted octanol–water partition coefficient (Wildman–Crippen LogP) is 3.37. The van der Waals surface area contributed by atoms with Gasteiger partial charge in [0.2, 0.25) is 0 Å². The number of ether oxygens (including phenoxy) is 2.